The number of hydrogen-bond acceptors (Lipinski definition) is 9. The van der Waals surface area contributed by atoms with Gasteiger partial charge in [0, 0.05) is 11.6 Å². The molecule has 6 atom stereocenters. The quantitative estimate of drug-likeness (QED) is 0.145. The summed E-state index contributed by atoms with van der Waals surface area (Å²) in [6.45, 7) is 1.11. The Labute approximate surface area is 241 Å². The topological polar surface area (TPSA) is 166 Å². The summed E-state index contributed by atoms with van der Waals surface area (Å²) < 4.78 is 10.2. The second kappa shape index (κ2) is 14.0. The van der Waals surface area contributed by atoms with E-state index in [1.54, 1.807) is 30.3 Å². The minimum Gasteiger partial charge on any atom is -0.479 e. The lowest BCUT2D eigenvalue weighted by Gasteiger charge is -2.37. The molecule has 0 saturated carbocycles. The van der Waals surface area contributed by atoms with Crippen molar-refractivity contribution >= 4 is 23.5 Å². The number of esters is 1. The number of rotatable bonds is 11. The van der Waals surface area contributed by atoms with Crippen LogP contribution in [0, 0.1) is 0 Å². The van der Waals surface area contributed by atoms with Crippen molar-refractivity contribution in [1.82, 2.24) is 5.32 Å². The van der Waals surface area contributed by atoms with Crippen LogP contribution >= 0.6 is 11.6 Å². The molecule has 0 aromatic heterocycles. The molecular formula is C30H32ClNO9. The highest BCUT2D eigenvalue weighted by molar-refractivity contribution is 6.30. The van der Waals surface area contributed by atoms with Crippen LogP contribution in [0.15, 0.2) is 72.8 Å². The van der Waals surface area contributed by atoms with Gasteiger partial charge in [-0.15, -0.1) is 0 Å². The van der Waals surface area contributed by atoms with E-state index in [-0.39, 0.29) is 5.56 Å². The van der Waals surface area contributed by atoms with Crippen LogP contribution in [0.5, 0.6) is 0 Å². The fourth-order valence-electron chi connectivity index (χ4n) is 4.54. The number of halogens is 1. The molecule has 1 aliphatic rings. The predicted octanol–water partition coefficient (Wildman–Crippen LogP) is 2.31. The lowest BCUT2D eigenvalue weighted by molar-refractivity contribution is -0.278. The molecule has 0 radical (unpaired) electrons. The predicted molar refractivity (Wildman–Crippen MR) is 149 cm³/mol. The van der Waals surface area contributed by atoms with E-state index >= 15 is 0 Å². The third-order valence-corrected chi connectivity index (χ3v) is 7.02. The van der Waals surface area contributed by atoms with E-state index in [1.807, 2.05) is 36.4 Å². The van der Waals surface area contributed by atoms with Crippen molar-refractivity contribution in [3.05, 3.63) is 94.5 Å². The second-order valence-electron chi connectivity index (χ2n) is 9.80. The lowest BCUT2D eigenvalue weighted by Crippen LogP contribution is -2.60. The Bertz CT molecular complexity index is 1350. The largest absolute Gasteiger partial charge is 0.479 e. The number of aliphatic hydroxyl groups excluding tert-OH is 4. The Kier molecular flexibility index (Phi) is 10.5. The van der Waals surface area contributed by atoms with Gasteiger partial charge in [-0.05, 0) is 65.9 Å². The van der Waals surface area contributed by atoms with Crippen LogP contribution in [0.4, 0.5) is 0 Å². The highest BCUT2D eigenvalue weighted by Gasteiger charge is 2.48. The summed E-state index contributed by atoms with van der Waals surface area (Å²) in [6, 6.07) is 21.5. The van der Waals surface area contributed by atoms with Crippen molar-refractivity contribution in [2.75, 3.05) is 13.1 Å². The number of nitrogens with one attached hydrogen (secondary N) is 1. The summed E-state index contributed by atoms with van der Waals surface area (Å²) in [7, 11) is 0. The van der Waals surface area contributed by atoms with E-state index < -0.39 is 48.7 Å². The SMILES string of the molecule is O=C(O[C@@H]1OC(C(=O)O)[C@@H](O)[C@H](O)[C@H]1O)c1cccc(-c2cccc(CCCNC[C@H](O)c3cccc(Cl)c3)c2)c1. The van der Waals surface area contributed by atoms with Gasteiger partial charge in [-0.2, -0.15) is 0 Å². The molecule has 0 bridgehead atoms. The van der Waals surface area contributed by atoms with Crippen LogP contribution in [0.2, 0.25) is 5.02 Å². The van der Waals surface area contributed by atoms with E-state index in [4.69, 9.17) is 21.1 Å². The van der Waals surface area contributed by atoms with Crippen molar-refractivity contribution in [1.29, 1.82) is 0 Å². The minimum absolute atomic E-state index is 0.124. The van der Waals surface area contributed by atoms with Crippen molar-refractivity contribution < 1.29 is 44.6 Å². The van der Waals surface area contributed by atoms with Crippen molar-refractivity contribution in [3.63, 3.8) is 0 Å². The molecule has 1 aliphatic heterocycles. The summed E-state index contributed by atoms with van der Waals surface area (Å²) in [5.74, 6) is -2.47. The number of carbonyl (C=O) groups excluding carboxylic acids is 1. The van der Waals surface area contributed by atoms with Crippen molar-refractivity contribution in [2.24, 2.45) is 0 Å². The number of aryl methyl sites for hydroxylation is 1. The van der Waals surface area contributed by atoms with Gasteiger partial charge in [0.1, 0.15) is 18.3 Å². The van der Waals surface area contributed by atoms with Gasteiger partial charge in [0.15, 0.2) is 6.10 Å². The summed E-state index contributed by atoms with van der Waals surface area (Å²) in [4.78, 5) is 24.1. The number of ether oxygens (including phenoxy) is 2. The first-order valence-electron chi connectivity index (χ1n) is 13.1. The number of benzene rings is 3. The number of carboxylic acid groups (broad SMARTS) is 1. The fraction of sp³-hybridized carbons (Fsp3) is 0.333. The molecule has 6 N–H and O–H groups in total. The van der Waals surface area contributed by atoms with E-state index in [9.17, 15) is 35.1 Å². The van der Waals surface area contributed by atoms with Gasteiger partial charge in [-0.3, -0.25) is 0 Å². The molecular weight excluding hydrogens is 554 g/mol. The third-order valence-electron chi connectivity index (χ3n) is 6.78. The summed E-state index contributed by atoms with van der Waals surface area (Å²) in [5.41, 5.74) is 3.55. The zero-order valence-electron chi connectivity index (χ0n) is 22.0. The Balaban J connectivity index is 1.32. The number of aliphatic carboxylic acids is 1. The first-order chi connectivity index (χ1) is 19.6. The molecule has 11 heteroatoms. The van der Waals surface area contributed by atoms with Crippen LogP contribution in [0.1, 0.15) is 34.0 Å². The van der Waals surface area contributed by atoms with E-state index in [0.29, 0.717) is 18.1 Å². The minimum atomic E-state index is -1.88. The normalized spacial score (nSPS) is 23.1. The summed E-state index contributed by atoms with van der Waals surface area (Å²) in [6.07, 6.45) is -8.29. The first-order valence-corrected chi connectivity index (χ1v) is 13.5. The van der Waals surface area contributed by atoms with Crippen molar-refractivity contribution in [3.8, 4) is 11.1 Å². The third kappa shape index (κ3) is 7.90. The maximum Gasteiger partial charge on any atom is 0.340 e. The monoisotopic (exact) mass is 585 g/mol. The van der Waals surface area contributed by atoms with Crippen LogP contribution in [-0.4, -0.2) is 81.3 Å². The zero-order chi connectivity index (χ0) is 29.5. The number of hydrogen-bond donors (Lipinski definition) is 6. The van der Waals surface area contributed by atoms with Gasteiger partial charge in [-0.25, -0.2) is 9.59 Å². The average Bonchev–Trinajstić information content (AvgIpc) is 2.97. The van der Waals surface area contributed by atoms with Gasteiger partial charge < -0.3 is 40.3 Å². The first kappa shape index (κ1) is 30.6. The van der Waals surface area contributed by atoms with Gasteiger partial charge in [-0.1, -0.05) is 60.1 Å². The molecule has 218 valence electrons. The van der Waals surface area contributed by atoms with E-state index in [2.05, 4.69) is 5.32 Å². The molecule has 3 aromatic carbocycles. The van der Waals surface area contributed by atoms with Gasteiger partial charge in [0.2, 0.25) is 6.29 Å². The highest BCUT2D eigenvalue weighted by Crippen LogP contribution is 2.26. The van der Waals surface area contributed by atoms with Crippen LogP contribution < -0.4 is 5.32 Å². The molecule has 0 amide bonds. The molecule has 10 nitrogen and oxygen atoms in total. The van der Waals surface area contributed by atoms with Crippen LogP contribution in [0.3, 0.4) is 0 Å². The molecule has 1 unspecified atom stereocenters. The molecule has 0 aliphatic carbocycles. The Hall–Kier alpha value is -3.35. The van der Waals surface area contributed by atoms with Gasteiger partial charge >= 0.3 is 11.9 Å². The maximum absolute atomic E-state index is 12.8. The van der Waals surface area contributed by atoms with E-state index in [0.717, 1.165) is 35.1 Å². The Morgan fingerprint density at radius 1 is 0.927 bits per heavy atom. The molecule has 1 fully saturated rings. The Morgan fingerprint density at radius 3 is 2.37 bits per heavy atom. The maximum atomic E-state index is 12.8. The Morgan fingerprint density at radius 2 is 1.63 bits per heavy atom. The van der Waals surface area contributed by atoms with E-state index in [1.165, 1.54) is 6.07 Å². The molecule has 1 heterocycles. The molecule has 4 rings (SSSR count). The number of aliphatic hydroxyl groups is 4. The zero-order valence-corrected chi connectivity index (χ0v) is 22.7. The summed E-state index contributed by atoms with van der Waals surface area (Å²) in [5, 5.41) is 53.2. The standard InChI is InChI=1S/C30H32ClNO9/c31-22-11-3-9-20(15-22)23(33)16-32-12-4-6-17-5-1-7-18(13-17)19-8-2-10-21(14-19)29(39)41-30-26(36)24(34)25(35)27(40-30)28(37)38/h1-3,5,7-11,13-15,23-27,30,32-36H,4,6,12,16H2,(H,37,38)/t23-,24-,25-,26+,27?,30-/m0/s1. The smallest absolute Gasteiger partial charge is 0.340 e. The highest BCUT2D eigenvalue weighted by atomic mass is 35.5. The van der Waals surface area contributed by atoms with Gasteiger partial charge in [0.25, 0.3) is 0 Å². The molecule has 3 aromatic rings. The number of carboxylic acids is 1. The van der Waals surface area contributed by atoms with Crippen LogP contribution in [0.25, 0.3) is 11.1 Å². The molecule has 0 spiro atoms. The van der Waals surface area contributed by atoms with Crippen molar-refractivity contribution in [2.45, 2.75) is 49.7 Å². The average molecular weight is 586 g/mol. The lowest BCUT2D eigenvalue weighted by atomic mass is 9.98. The molecule has 41 heavy (non-hydrogen) atoms. The summed E-state index contributed by atoms with van der Waals surface area (Å²) >= 11 is 5.99. The second-order valence-corrected chi connectivity index (χ2v) is 10.2. The number of carbonyl (C=O) groups is 2. The van der Waals surface area contributed by atoms with Crippen LogP contribution in [-0.2, 0) is 20.7 Å². The molecule has 1 saturated heterocycles. The van der Waals surface area contributed by atoms with Gasteiger partial charge in [0.05, 0.1) is 11.7 Å². The fourth-order valence-corrected chi connectivity index (χ4v) is 4.74.